The lowest BCUT2D eigenvalue weighted by atomic mass is 10.1. The lowest BCUT2D eigenvalue weighted by Gasteiger charge is -2.20. The number of amides is 1. The molecule has 0 spiro atoms. The summed E-state index contributed by atoms with van der Waals surface area (Å²) in [6.45, 7) is 0.933. The van der Waals surface area contributed by atoms with Gasteiger partial charge in [0.1, 0.15) is 0 Å². The van der Waals surface area contributed by atoms with Gasteiger partial charge >= 0.3 is 0 Å². The highest BCUT2D eigenvalue weighted by molar-refractivity contribution is 9.09. The molecule has 15 heavy (non-hydrogen) atoms. The van der Waals surface area contributed by atoms with E-state index in [4.69, 9.17) is 0 Å². The molecule has 0 N–H and O–H groups in total. The Hall–Kier alpha value is -0.0500. The summed E-state index contributed by atoms with van der Waals surface area (Å²) in [6, 6.07) is 0. The van der Waals surface area contributed by atoms with Gasteiger partial charge in [-0.05, 0) is 25.7 Å². The van der Waals surface area contributed by atoms with E-state index in [0.29, 0.717) is 11.8 Å². The molecule has 0 radical (unpaired) electrons. The number of carbonyl (C=O) groups excluding carboxylic acids is 1. The molecule has 1 saturated carbocycles. The van der Waals surface area contributed by atoms with Gasteiger partial charge in [-0.2, -0.15) is 0 Å². The van der Waals surface area contributed by atoms with E-state index in [1.807, 2.05) is 11.9 Å². The van der Waals surface area contributed by atoms with Gasteiger partial charge in [0.25, 0.3) is 0 Å². The average Bonchev–Trinajstić information content (AvgIpc) is 2.76. The van der Waals surface area contributed by atoms with Gasteiger partial charge < -0.3 is 4.90 Å². The van der Waals surface area contributed by atoms with Crippen LogP contribution in [0.1, 0.15) is 44.9 Å². The van der Waals surface area contributed by atoms with Gasteiger partial charge in [0, 0.05) is 24.8 Å². The van der Waals surface area contributed by atoms with Crippen LogP contribution in [0.5, 0.6) is 0 Å². The molecule has 0 saturated heterocycles. The molecule has 1 aliphatic rings. The van der Waals surface area contributed by atoms with E-state index in [1.165, 1.54) is 25.7 Å². The third-order valence-electron chi connectivity index (χ3n) is 3.21. The maximum absolute atomic E-state index is 11.9. The molecule has 1 aliphatic carbocycles. The first-order chi connectivity index (χ1) is 7.25. The maximum Gasteiger partial charge on any atom is 0.225 e. The lowest BCUT2D eigenvalue weighted by Crippen LogP contribution is -2.32. The van der Waals surface area contributed by atoms with E-state index in [9.17, 15) is 4.79 Å². The van der Waals surface area contributed by atoms with E-state index in [1.54, 1.807) is 0 Å². The van der Waals surface area contributed by atoms with Gasteiger partial charge in [-0.3, -0.25) is 4.79 Å². The highest BCUT2D eigenvalue weighted by Gasteiger charge is 2.24. The Morgan fingerprint density at radius 2 is 1.93 bits per heavy atom. The Balaban J connectivity index is 2.14. The predicted octanol–water partition coefficient (Wildman–Crippen LogP) is 3.20. The van der Waals surface area contributed by atoms with E-state index in [-0.39, 0.29) is 0 Å². The molecule has 3 heteroatoms. The standard InChI is InChI=1S/C12H22BrNO/c1-14(10-6-2-5-9-13)12(15)11-7-3-4-8-11/h11H,2-10H2,1H3. The molecule has 0 aromatic carbocycles. The SMILES string of the molecule is CN(CCCCCBr)C(=O)C1CCCC1. The zero-order chi connectivity index (χ0) is 11.1. The summed E-state index contributed by atoms with van der Waals surface area (Å²) < 4.78 is 0. The summed E-state index contributed by atoms with van der Waals surface area (Å²) in [5.74, 6) is 0.720. The fraction of sp³-hybridized carbons (Fsp3) is 0.917. The van der Waals surface area contributed by atoms with Crippen LogP contribution in [0.3, 0.4) is 0 Å². The van der Waals surface area contributed by atoms with Gasteiger partial charge in [-0.1, -0.05) is 35.2 Å². The summed E-state index contributed by atoms with van der Waals surface area (Å²) >= 11 is 3.42. The number of hydrogen-bond donors (Lipinski definition) is 0. The molecule has 2 nitrogen and oxygen atoms in total. The number of nitrogens with zero attached hydrogens (tertiary/aromatic N) is 1. The largest absolute Gasteiger partial charge is 0.346 e. The summed E-state index contributed by atoms with van der Waals surface area (Å²) in [6.07, 6.45) is 8.29. The molecule has 0 unspecified atom stereocenters. The van der Waals surface area contributed by atoms with Crippen LogP contribution in [-0.2, 0) is 4.79 Å². The van der Waals surface area contributed by atoms with Crippen molar-refractivity contribution in [2.75, 3.05) is 18.9 Å². The minimum absolute atomic E-state index is 0.339. The summed E-state index contributed by atoms with van der Waals surface area (Å²) in [7, 11) is 1.95. The van der Waals surface area contributed by atoms with Gasteiger partial charge in [0.2, 0.25) is 5.91 Å². The topological polar surface area (TPSA) is 20.3 Å². The Labute approximate surface area is 102 Å². The van der Waals surface area contributed by atoms with E-state index in [2.05, 4.69) is 15.9 Å². The van der Waals surface area contributed by atoms with Crippen LogP contribution >= 0.6 is 15.9 Å². The van der Waals surface area contributed by atoms with Crippen molar-refractivity contribution in [1.29, 1.82) is 0 Å². The van der Waals surface area contributed by atoms with Crippen LogP contribution in [0.4, 0.5) is 0 Å². The van der Waals surface area contributed by atoms with E-state index in [0.717, 1.165) is 31.1 Å². The van der Waals surface area contributed by atoms with Crippen molar-refractivity contribution >= 4 is 21.8 Å². The van der Waals surface area contributed by atoms with Gasteiger partial charge in [0.05, 0.1) is 0 Å². The number of rotatable bonds is 6. The normalized spacial score (nSPS) is 16.9. The second-order valence-corrected chi connectivity index (χ2v) is 5.28. The maximum atomic E-state index is 11.9. The van der Waals surface area contributed by atoms with Gasteiger partial charge in [0.15, 0.2) is 0 Å². The van der Waals surface area contributed by atoms with Gasteiger partial charge in [-0.25, -0.2) is 0 Å². The van der Waals surface area contributed by atoms with Crippen molar-refractivity contribution in [3.05, 3.63) is 0 Å². The zero-order valence-corrected chi connectivity index (χ0v) is 11.3. The highest BCUT2D eigenvalue weighted by atomic mass is 79.9. The summed E-state index contributed by atoms with van der Waals surface area (Å²) in [5, 5.41) is 1.08. The Bertz CT molecular complexity index is 190. The van der Waals surface area contributed by atoms with Crippen LogP contribution in [0.15, 0.2) is 0 Å². The minimum Gasteiger partial charge on any atom is -0.346 e. The van der Waals surface area contributed by atoms with Crippen LogP contribution in [-0.4, -0.2) is 29.7 Å². The van der Waals surface area contributed by atoms with Crippen LogP contribution in [0.2, 0.25) is 0 Å². The van der Waals surface area contributed by atoms with Crippen molar-refractivity contribution < 1.29 is 4.79 Å². The molecule has 1 amide bonds. The molecule has 0 bridgehead atoms. The minimum atomic E-state index is 0.339. The molecular formula is C12H22BrNO. The van der Waals surface area contributed by atoms with Crippen molar-refractivity contribution in [3.63, 3.8) is 0 Å². The molecule has 1 rings (SSSR count). The highest BCUT2D eigenvalue weighted by Crippen LogP contribution is 2.26. The van der Waals surface area contributed by atoms with E-state index >= 15 is 0 Å². The molecule has 0 aromatic heterocycles. The second-order valence-electron chi connectivity index (χ2n) is 4.49. The smallest absolute Gasteiger partial charge is 0.225 e. The third-order valence-corrected chi connectivity index (χ3v) is 3.77. The fourth-order valence-corrected chi connectivity index (χ4v) is 2.61. The monoisotopic (exact) mass is 275 g/mol. The molecule has 0 aliphatic heterocycles. The molecule has 1 fully saturated rings. The molecule has 0 heterocycles. The second kappa shape index (κ2) is 7.26. The third kappa shape index (κ3) is 4.54. The summed E-state index contributed by atoms with van der Waals surface area (Å²) in [5.41, 5.74) is 0. The van der Waals surface area contributed by atoms with E-state index < -0.39 is 0 Å². The van der Waals surface area contributed by atoms with Crippen molar-refractivity contribution in [3.8, 4) is 0 Å². The molecular weight excluding hydrogens is 254 g/mol. The Morgan fingerprint density at radius 1 is 1.27 bits per heavy atom. The fourth-order valence-electron chi connectivity index (χ4n) is 2.21. The molecule has 0 aromatic rings. The van der Waals surface area contributed by atoms with Gasteiger partial charge in [-0.15, -0.1) is 0 Å². The first-order valence-corrected chi connectivity index (χ1v) is 7.19. The number of hydrogen-bond acceptors (Lipinski definition) is 1. The quantitative estimate of drug-likeness (QED) is 0.539. The van der Waals surface area contributed by atoms with Crippen molar-refractivity contribution in [1.82, 2.24) is 4.90 Å². The van der Waals surface area contributed by atoms with Crippen molar-refractivity contribution in [2.24, 2.45) is 5.92 Å². The first-order valence-electron chi connectivity index (χ1n) is 6.06. The lowest BCUT2D eigenvalue weighted by molar-refractivity contribution is -0.134. The Kier molecular flexibility index (Phi) is 6.30. The number of unbranched alkanes of at least 4 members (excludes halogenated alkanes) is 2. The zero-order valence-electron chi connectivity index (χ0n) is 9.67. The number of alkyl halides is 1. The van der Waals surface area contributed by atoms with Crippen LogP contribution < -0.4 is 0 Å². The van der Waals surface area contributed by atoms with Crippen LogP contribution in [0, 0.1) is 5.92 Å². The summed E-state index contributed by atoms with van der Waals surface area (Å²) in [4.78, 5) is 13.9. The number of halogens is 1. The number of carbonyl (C=O) groups is 1. The van der Waals surface area contributed by atoms with Crippen LogP contribution in [0.25, 0.3) is 0 Å². The molecule has 88 valence electrons. The Morgan fingerprint density at radius 3 is 2.53 bits per heavy atom. The predicted molar refractivity (Wildman–Crippen MR) is 67.2 cm³/mol. The van der Waals surface area contributed by atoms with Crippen molar-refractivity contribution in [2.45, 2.75) is 44.9 Å². The first kappa shape index (κ1) is 13.0. The molecule has 0 atom stereocenters. The average molecular weight is 276 g/mol.